The van der Waals surface area contributed by atoms with Gasteiger partial charge in [0, 0.05) is 34.9 Å². The number of carbonyl (C=O) groups is 2. The van der Waals surface area contributed by atoms with Crippen molar-refractivity contribution < 1.29 is 32.6 Å². The fourth-order valence-corrected chi connectivity index (χ4v) is 6.03. The fourth-order valence-electron chi connectivity index (χ4n) is 5.38. The molecule has 2 saturated heterocycles. The maximum Gasteiger partial charge on any atom is 0.405 e. The highest BCUT2D eigenvalue weighted by Gasteiger charge is 2.43. The van der Waals surface area contributed by atoms with E-state index in [1.54, 1.807) is 33.8 Å². The first-order valence-electron chi connectivity index (χ1n) is 13.3. The van der Waals surface area contributed by atoms with Gasteiger partial charge in [-0.05, 0) is 77.6 Å². The molecule has 0 unspecified atom stereocenters. The van der Waals surface area contributed by atoms with Crippen molar-refractivity contribution in [1.29, 1.82) is 0 Å². The number of hydrogen-bond donors (Lipinski definition) is 3. The lowest BCUT2D eigenvalue weighted by Gasteiger charge is -2.41. The third-order valence-electron chi connectivity index (χ3n) is 7.38. The summed E-state index contributed by atoms with van der Waals surface area (Å²) in [6, 6.07) is 6.20. The molecule has 0 radical (unpaired) electrons. The monoisotopic (exact) mass is 616 g/mol. The second kappa shape index (κ2) is 11.5. The van der Waals surface area contributed by atoms with Crippen molar-refractivity contribution in [2.75, 3.05) is 11.4 Å². The number of alkyl halides is 3. The largest absolute Gasteiger partial charge is 0.476 e. The van der Waals surface area contributed by atoms with Crippen molar-refractivity contribution in [3.8, 4) is 5.75 Å². The summed E-state index contributed by atoms with van der Waals surface area (Å²) in [4.78, 5) is 31.8. The van der Waals surface area contributed by atoms with Crippen LogP contribution >= 0.6 is 23.2 Å². The first-order valence-corrected chi connectivity index (χ1v) is 14.0. The van der Waals surface area contributed by atoms with E-state index in [4.69, 9.17) is 27.9 Å². The number of benzene rings is 1. The van der Waals surface area contributed by atoms with Crippen LogP contribution in [0.25, 0.3) is 0 Å². The van der Waals surface area contributed by atoms with Crippen LogP contribution in [0.4, 0.5) is 19.0 Å². The van der Waals surface area contributed by atoms with E-state index in [1.165, 1.54) is 24.4 Å². The summed E-state index contributed by atoms with van der Waals surface area (Å²) in [5.74, 6) is -0.298. The van der Waals surface area contributed by atoms with Crippen LogP contribution in [-0.4, -0.2) is 58.4 Å². The molecule has 3 heterocycles. The van der Waals surface area contributed by atoms with Gasteiger partial charge < -0.3 is 25.4 Å². The van der Waals surface area contributed by atoms with Crippen molar-refractivity contribution in [2.24, 2.45) is 0 Å². The molecule has 2 fully saturated rings. The van der Waals surface area contributed by atoms with Gasteiger partial charge in [-0.15, -0.1) is 0 Å². The highest BCUT2D eigenvalue weighted by atomic mass is 35.5. The van der Waals surface area contributed by atoms with Crippen LogP contribution in [0, 0.1) is 0 Å². The molecule has 2 aromatic rings. The zero-order chi connectivity index (χ0) is 30.3. The van der Waals surface area contributed by atoms with Gasteiger partial charge in [-0.3, -0.25) is 9.59 Å². The summed E-state index contributed by atoms with van der Waals surface area (Å²) in [7, 11) is 0. The first kappa shape index (κ1) is 31.2. The first-order chi connectivity index (χ1) is 18.9. The number of nitrogens with one attached hydrogen (secondary N) is 2. The Bertz CT molecular complexity index is 1280. The van der Waals surface area contributed by atoms with E-state index in [2.05, 4.69) is 15.2 Å². The van der Waals surface area contributed by atoms with Crippen molar-refractivity contribution in [2.45, 2.75) is 88.9 Å². The van der Waals surface area contributed by atoms with Crippen molar-refractivity contribution in [3.63, 3.8) is 0 Å². The molecule has 0 spiro atoms. The van der Waals surface area contributed by atoms with E-state index in [9.17, 15) is 27.9 Å². The molecule has 0 aliphatic carbocycles. The number of carbonyl (C=O) groups excluding carboxylic acids is 2. The van der Waals surface area contributed by atoms with Crippen LogP contribution in [0.15, 0.2) is 30.5 Å². The molecule has 3 atom stereocenters. The zero-order valence-corrected chi connectivity index (χ0v) is 24.6. The minimum absolute atomic E-state index is 0.0465. The van der Waals surface area contributed by atoms with Gasteiger partial charge in [0.15, 0.2) is 5.60 Å². The molecule has 2 aliphatic heterocycles. The number of anilines is 1. The van der Waals surface area contributed by atoms with Gasteiger partial charge >= 0.3 is 6.18 Å². The summed E-state index contributed by atoms with van der Waals surface area (Å²) < 4.78 is 43.2. The Labute approximate surface area is 246 Å². The van der Waals surface area contributed by atoms with Crippen LogP contribution in [0.2, 0.25) is 10.0 Å². The van der Waals surface area contributed by atoms with Gasteiger partial charge in [0.1, 0.15) is 18.1 Å². The molecule has 8 nitrogen and oxygen atoms in total. The number of rotatable bonds is 8. The van der Waals surface area contributed by atoms with Gasteiger partial charge in [-0.2, -0.15) is 13.2 Å². The number of aromatic nitrogens is 1. The number of amides is 2. The quantitative estimate of drug-likeness (QED) is 0.368. The number of fused-ring (bicyclic) bond motifs is 2. The summed E-state index contributed by atoms with van der Waals surface area (Å²) in [5.41, 5.74) is -2.06. The molecule has 41 heavy (non-hydrogen) atoms. The normalized spacial score (nSPS) is 21.0. The minimum Gasteiger partial charge on any atom is -0.476 e. The molecule has 2 aliphatic rings. The maximum atomic E-state index is 13.3. The van der Waals surface area contributed by atoms with Gasteiger partial charge in [0.2, 0.25) is 0 Å². The topological polar surface area (TPSA) is 104 Å². The number of ether oxygens (including phenoxy) is 1. The number of hydrogen-bond acceptors (Lipinski definition) is 6. The van der Waals surface area contributed by atoms with E-state index in [-0.39, 0.29) is 45.4 Å². The molecule has 4 rings (SSSR count). The molecule has 0 saturated carbocycles. The Morgan fingerprint density at radius 2 is 1.71 bits per heavy atom. The van der Waals surface area contributed by atoms with Crippen LogP contribution in [0.5, 0.6) is 5.75 Å². The number of halogens is 5. The Kier molecular flexibility index (Phi) is 8.74. The highest BCUT2D eigenvalue weighted by molar-refractivity contribution is 6.36. The number of aliphatic hydroxyl groups is 1. The lowest BCUT2D eigenvalue weighted by atomic mass is 9.96. The summed E-state index contributed by atoms with van der Waals surface area (Å²) in [6.45, 7) is 5.04. The Balaban J connectivity index is 1.38. The average Bonchev–Trinajstić information content (AvgIpc) is 3.13. The summed E-state index contributed by atoms with van der Waals surface area (Å²) >= 11 is 12.6. The molecule has 224 valence electrons. The summed E-state index contributed by atoms with van der Waals surface area (Å²) in [6.07, 6.45) is -0.0951. The number of piperidine rings is 1. The smallest absolute Gasteiger partial charge is 0.405 e. The van der Waals surface area contributed by atoms with E-state index in [1.807, 2.05) is 5.32 Å². The molecule has 1 aromatic heterocycles. The molecule has 3 N–H and O–H groups in total. The van der Waals surface area contributed by atoms with Crippen LogP contribution in [-0.2, 0) is 10.4 Å². The third kappa shape index (κ3) is 7.37. The zero-order valence-electron chi connectivity index (χ0n) is 23.1. The minimum atomic E-state index is -4.49. The Hall–Kier alpha value is -2.76. The molecule has 13 heteroatoms. The van der Waals surface area contributed by atoms with Crippen LogP contribution in [0.3, 0.4) is 0 Å². The van der Waals surface area contributed by atoms with Crippen LogP contribution < -0.4 is 20.3 Å². The second-order valence-electron chi connectivity index (χ2n) is 11.6. The third-order valence-corrected chi connectivity index (χ3v) is 7.99. The van der Waals surface area contributed by atoms with Crippen molar-refractivity contribution in [3.05, 3.63) is 51.6 Å². The van der Waals surface area contributed by atoms with Gasteiger partial charge in [-0.25, -0.2) is 4.98 Å². The molecule has 1 aromatic carbocycles. The van der Waals surface area contributed by atoms with Crippen LogP contribution in [0.1, 0.15) is 69.3 Å². The Morgan fingerprint density at radius 3 is 2.24 bits per heavy atom. The standard InChI is InChI=1S/C28H33Cl2F3N4O4/c1-26(2,40)19-11-22(21(30)12-20(19)29)41-27(3,4)25(39)36-16-9-17-6-7-18(10-16)37(17)23-8-5-15(13-34-23)24(38)35-14-28(31,32)33/h5,8,11-13,16-18,40H,6-7,9-10,14H2,1-4H3,(H,35,38)(H,36,39)/t16-,17+,18-. The SMILES string of the molecule is CC(C)(Oc1cc(C(C)(C)O)c(Cl)cc1Cl)C(=O)N[C@H]1C[C@H]2CC[C@@H](C1)N2c1ccc(C(=O)NCC(F)(F)F)cn1. The van der Waals surface area contributed by atoms with E-state index < -0.39 is 29.8 Å². The lowest BCUT2D eigenvalue weighted by Crippen LogP contribution is -2.55. The lowest BCUT2D eigenvalue weighted by molar-refractivity contribution is -0.135. The van der Waals surface area contributed by atoms with E-state index in [0.29, 0.717) is 24.2 Å². The highest BCUT2D eigenvalue weighted by Crippen LogP contribution is 2.40. The molecular weight excluding hydrogens is 584 g/mol. The van der Waals surface area contributed by atoms with Gasteiger partial charge in [0.25, 0.3) is 11.8 Å². The predicted octanol–water partition coefficient (Wildman–Crippen LogP) is 5.38. The van der Waals surface area contributed by atoms with E-state index >= 15 is 0 Å². The molecular formula is C28H33Cl2F3N4O4. The second-order valence-corrected chi connectivity index (χ2v) is 12.4. The Morgan fingerprint density at radius 1 is 1.07 bits per heavy atom. The van der Waals surface area contributed by atoms with Gasteiger partial charge in [0.05, 0.1) is 16.2 Å². The molecule has 2 amide bonds. The fraction of sp³-hybridized carbons (Fsp3) is 0.536. The van der Waals surface area contributed by atoms with Crippen molar-refractivity contribution >= 4 is 40.8 Å². The van der Waals surface area contributed by atoms with E-state index in [0.717, 1.165) is 12.8 Å². The number of pyridine rings is 1. The molecule has 2 bridgehead atoms. The average molecular weight is 617 g/mol. The summed E-state index contributed by atoms with van der Waals surface area (Å²) in [5, 5.41) is 15.9. The predicted molar refractivity (Wildman–Crippen MR) is 149 cm³/mol. The van der Waals surface area contributed by atoms with Crippen molar-refractivity contribution in [1.82, 2.24) is 15.6 Å². The van der Waals surface area contributed by atoms with Gasteiger partial charge in [-0.1, -0.05) is 23.2 Å². The maximum absolute atomic E-state index is 13.3. The number of nitrogens with zero attached hydrogens (tertiary/aromatic N) is 2.